The van der Waals surface area contributed by atoms with Crippen molar-refractivity contribution in [1.29, 1.82) is 0 Å². The van der Waals surface area contributed by atoms with E-state index in [1.807, 2.05) is 13.8 Å². The van der Waals surface area contributed by atoms with E-state index >= 15 is 0 Å². The van der Waals surface area contributed by atoms with Crippen LogP contribution in [0.25, 0.3) is 0 Å². The zero-order valence-electron chi connectivity index (χ0n) is 7.97. The molecule has 0 aliphatic rings. The lowest BCUT2D eigenvalue weighted by atomic mass is 10.2. The summed E-state index contributed by atoms with van der Waals surface area (Å²) in [5, 5.41) is 3.05. The van der Waals surface area contributed by atoms with Gasteiger partial charge in [0.25, 0.3) is 0 Å². The molecular weight excluding hydrogens is 167 g/mol. The molecule has 1 aromatic rings. The van der Waals surface area contributed by atoms with Gasteiger partial charge in [-0.15, -0.1) is 0 Å². The quantitative estimate of drug-likeness (QED) is 0.705. The van der Waals surface area contributed by atoms with Gasteiger partial charge in [0, 0.05) is 11.7 Å². The van der Waals surface area contributed by atoms with Crippen molar-refractivity contribution in [2.45, 2.75) is 26.3 Å². The van der Waals surface area contributed by atoms with Crippen molar-refractivity contribution >= 4 is 11.4 Å². The van der Waals surface area contributed by atoms with E-state index in [2.05, 4.69) is 5.32 Å². The number of anilines is 2. The Bertz CT molecular complexity index is 286. The summed E-state index contributed by atoms with van der Waals surface area (Å²) in [5.41, 5.74) is 6.59. The third-order valence-corrected chi connectivity index (χ3v) is 2.00. The summed E-state index contributed by atoms with van der Waals surface area (Å²) in [6.07, 6.45) is 0.953. The maximum absolute atomic E-state index is 13.1. The number of nitrogens with two attached hydrogens (primary N) is 1. The molecule has 1 aromatic carbocycles. The van der Waals surface area contributed by atoms with Crippen LogP contribution in [0.3, 0.4) is 0 Å². The van der Waals surface area contributed by atoms with Crippen molar-refractivity contribution < 1.29 is 4.39 Å². The summed E-state index contributed by atoms with van der Waals surface area (Å²) >= 11 is 0. The largest absolute Gasteiger partial charge is 0.399 e. The van der Waals surface area contributed by atoms with Crippen LogP contribution < -0.4 is 11.1 Å². The van der Waals surface area contributed by atoms with Crippen molar-refractivity contribution in [2.24, 2.45) is 0 Å². The van der Waals surface area contributed by atoms with E-state index < -0.39 is 0 Å². The molecule has 3 heteroatoms. The highest BCUT2D eigenvalue weighted by Gasteiger charge is 2.04. The molecule has 0 radical (unpaired) electrons. The summed E-state index contributed by atoms with van der Waals surface area (Å²) in [4.78, 5) is 0. The van der Waals surface area contributed by atoms with Crippen molar-refractivity contribution in [3.05, 3.63) is 24.0 Å². The molecule has 0 saturated heterocycles. The molecule has 1 rings (SSSR count). The molecule has 0 aromatic heterocycles. The summed E-state index contributed by atoms with van der Waals surface area (Å²) in [6, 6.07) is 4.80. The second kappa shape index (κ2) is 4.12. The molecule has 13 heavy (non-hydrogen) atoms. The third kappa shape index (κ3) is 2.61. The standard InChI is InChI=1S/C10H15FN2/c1-3-7(2)13-10-6-8(12)4-5-9(10)11/h4-7,13H,3,12H2,1-2H3. The molecule has 0 saturated carbocycles. The molecule has 0 bridgehead atoms. The first-order chi connectivity index (χ1) is 6.13. The number of benzene rings is 1. The van der Waals surface area contributed by atoms with Gasteiger partial charge in [-0.25, -0.2) is 4.39 Å². The van der Waals surface area contributed by atoms with Crippen LogP contribution in [-0.4, -0.2) is 6.04 Å². The van der Waals surface area contributed by atoms with Crippen LogP contribution in [0.4, 0.5) is 15.8 Å². The van der Waals surface area contributed by atoms with Gasteiger partial charge in [0.2, 0.25) is 0 Å². The first-order valence-corrected chi connectivity index (χ1v) is 4.45. The maximum Gasteiger partial charge on any atom is 0.146 e. The lowest BCUT2D eigenvalue weighted by Gasteiger charge is -2.13. The fourth-order valence-electron chi connectivity index (χ4n) is 1.02. The first-order valence-electron chi connectivity index (χ1n) is 4.45. The molecule has 72 valence electrons. The second-order valence-corrected chi connectivity index (χ2v) is 3.19. The highest BCUT2D eigenvalue weighted by Crippen LogP contribution is 2.18. The predicted octanol–water partition coefficient (Wildman–Crippen LogP) is 2.62. The molecule has 0 aliphatic carbocycles. The average Bonchev–Trinajstić information content (AvgIpc) is 2.11. The molecule has 0 heterocycles. The van der Waals surface area contributed by atoms with Crippen molar-refractivity contribution in [3.8, 4) is 0 Å². The van der Waals surface area contributed by atoms with Gasteiger partial charge in [-0.1, -0.05) is 6.92 Å². The SMILES string of the molecule is CCC(C)Nc1cc(N)ccc1F. The lowest BCUT2D eigenvalue weighted by Crippen LogP contribution is -2.14. The van der Waals surface area contributed by atoms with Crippen LogP contribution in [0, 0.1) is 5.82 Å². The van der Waals surface area contributed by atoms with E-state index in [0.29, 0.717) is 11.4 Å². The molecule has 3 N–H and O–H groups in total. The Morgan fingerprint density at radius 1 is 1.54 bits per heavy atom. The van der Waals surface area contributed by atoms with Gasteiger partial charge < -0.3 is 11.1 Å². The minimum atomic E-state index is -0.255. The van der Waals surface area contributed by atoms with Crippen molar-refractivity contribution in [3.63, 3.8) is 0 Å². The summed E-state index contributed by atoms with van der Waals surface area (Å²) in [5.74, 6) is -0.255. The Morgan fingerprint density at radius 3 is 2.85 bits per heavy atom. The fourth-order valence-corrected chi connectivity index (χ4v) is 1.02. The van der Waals surface area contributed by atoms with E-state index in [9.17, 15) is 4.39 Å². The fraction of sp³-hybridized carbons (Fsp3) is 0.400. The maximum atomic E-state index is 13.1. The molecule has 0 fully saturated rings. The normalized spacial score (nSPS) is 12.5. The number of hydrogen-bond acceptors (Lipinski definition) is 2. The van der Waals surface area contributed by atoms with E-state index in [4.69, 9.17) is 5.73 Å². The van der Waals surface area contributed by atoms with Gasteiger partial charge in [-0.3, -0.25) is 0 Å². The van der Waals surface area contributed by atoms with Gasteiger partial charge in [0.05, 0.1) is 5.69 Å². The minimum absolute atomic E-state index is 0.255. The van der Waals surface area contributed by atoms with Gasteiger partial charge in [-0.05, 0) is 31.5 Å². The van der Waals surface area contributed by atoms with Crippen LogP contribution in [0.5, 0.6) is 0 Å². The highest BCUT2D eigenvalue weighted by atomic mass is 19.1. The van der Waals surface area contributed by atoms with Crippen molar-refractivity contribution in [2.75, 3.05) is 11.1 Å². The third-order valence-electron chi connectivity index (χ3n) is 2.00. The number of nitrogen functional groups attached to an aromatic ring is 1. The van der Waals surface area contributed by atoms with Crippen LogP contribution in [0.1, 0.15) is 20.3 Å². The smallest absolute Gasteiger partial charge is 0.146 e. The van der Waals surface area contributed by atoms with Gasteiger partial charge >= 0.3 is 0 Å². The summed E-state index contributed by atoms with van der Waals surface area (Å²) < 4.78 is 13.1. The van der Waals surface area contributed by atoms with Gasteiger partial charge in [0.15, 0.2) is 0 Å². The molecule has 0 aliphatic heterocycles. The van der Waals surface area contributed by atoms with E-state index in [1.165, 1.54) is 6.07 Å². The van der Waals surface area contributed by atoms with E-state index in [-0.39, 0.29) is 11.9 Å². The monoisotopic (exact) mass is 182 g/mol. The number of rotatable bonds is 3. The Hall–Kier alpha value is -1.25. The summed E-state index contributed by atoms with van der Waals surface area (Å²) in [6.45, 7) is 4.05. The van der Waals surface area contributed by atoms with Crippen LogP contribution in [-0.2, 0) is 0 Å². The second-order valence-electron chi connectivity index (χ2n) is 3.19. The van der Waals surface area contributed by atoms with E-state index in [0.717, 1.165) is 6.42 Å². The molecule has 1 unspecified atom stereocenters. The zero-order chi connectivity index (χ0) is 9.84. The molecule has 0 spiro atoms. The lowest BCUT2D eigenvalue weighted by molar-refractivity contribution is 0.625. The van der Waals surface area contributed by atoms with E-state index in [1.54, 1.807) is 12.1 Å². The number of nitrogens with one attached hydrogen (secondary N) is 1. The average molecular weight is 182 g/mol. The minimum Gasteiger partial charge on any atom is -0.399 e. The Kier molecular flexibility index (Phi) is 3.12. The van der Waals surface area contributed by atoms with Gasteiger partial charge in [0.1, 0.15) is 5.82 Å². The topological polar surface area (TPSA) is 38.0 Å². The Labute approximate surface area is 77.9 Å². The number of hydrogen-bond donors (Lipinski definition) is 2. The van der Waals surface area contributed by atoms with Crippen molar-refractivity contribution in [1.82, 2.24) is 0 Å². The van der Waals surface area contributed by atoms with Gasteiger partial charge in [-0.2, -0.15) is 0 Å². The summed E-state index contributed by atoms with van der Waals surface area (Å²) in [7, 11) is 0. The Balaban J connectivity index is 2.81. The van der Waals surface area contributed by atoms with Crippen LogP contribution >= 0.6 is 0 Å². The Morgan fingerprint density at radius 2 is 2.23 bits per heavy atom. The molecule has 1 atom stereocenters. The highest BCUT2D eigenvalue weighted by molar-refractivity contribution is 5.55. The van der Waals surface area contributed by atoms with Crippen LogP contribution in [0.2, 0.25) is 0 Å². The molecular formula is C10H15FN2. The molecule has 2 nitrogen and oxygen atoms in total. The predicted molar refractivity (Wildman–Crippen MR) is 54.2 cm³/mol. The first kappa shape index (κ1) is 9.84. The number of halogens is 1. The zero-order valence-corrected chi connectivity index (χ0v) is 7.97. The molecule has 0 amide bonds. The van der Waals surface area contributed by atoms with Crippen LogP contribution in [0.15, 0.2) is 18.2 Å².